The third-order valence-corrected chi connectivity index (χ3v) is 5.85. The van der Waals surface area contributed by atoms with E-state index in [4.69, 9.17) is 0 Å². The molecule has 26 heavy (non-hydrogen) atoms. The Morgan fingerprint density at radius 2 is 1.65 bits per heavy atom. The van der Waals surface area contributed by atoms with Crippen molar-refractivity contribution in [2.45, 2.75) is 4.90 Å². The average molecular weight is 382 g/mol. The first kappa shape index (κ1) is 16.5. The number of benzene rings is 2. The fraction of sp³-hybridized carbons (Fsp3) is 0. The molecule has 0 aliphatic rings. The average Bonchev–Trinajstić information content (AvgIpc) is 3.33. The number of para-hydroxylation sites is 1. The van der Waals surface area contributed by atoms with Crippen molar-refractivity contribution in [2.75, 3.05) is 4.72 Å². The quantitative estimate of drug-likeness (QED) is 0.570. The van der Waals surface area contributed by atoms with Crippen LogP contribution in [-0.4, -0.2) is 23.2 Å². The molecule has 0 saturated carbocycles. The van der Waals surface area contributed by atoms with Crippen molar-refractivity contribution < 1.29 is 8.42 Å². The summed E-state index contributed by atoms with van der Waals surface area (Å²) in [5, 5.41) is 6.55. The van der Waals surface area contributed by atoms with Gasteiger partial charge in [0.2, 0.25) is 0 Å². The van der Waals surface area contributed by atoms with Gasteiger partial charge in [0.15, 0.2) is 5.13 Å². The molecule has 2 aromatic heterocycles. The van der Waals surface area contributed by atoms with E-state index in [-0.39, 0.29) is 4.90 Å². The summed E-state index contributed by atoms with van der Waals surface area (Å²) in [7, 11) is -3.83. The molecule has 2 aromatic carbocycles. The Morgan fingerprint density at radius 3 is 2.31 bits per heavy atom. The summed E-state index contributed by atoms with van der Waals surface area (Å²) in [4.78, 5) is 4.10. The van der Waals surface area contributed by atoms with E-state index in [0.29, 0.717) is 10.8 Å². The zero-order chi connectivity index (χ0) is 18.0. The van der Waals surface area contributed by atoms with Gasteiger partial charge in [0, 0.05) is 17.1 Å². The molecule has 0 unspecified atom stereocenters. The molecule has 6 nitrogen and oxygen atoms in total. The van der Waals surface area contributed by atoms with Gasteiger partial charge in [-0.3, -0.25) is 4.72 Å². The van der Waals surface area contributed by atoms with Crippen molar-refractivity contribution in [3.8, 4) is 16.9 Å². The SMILES string of the molecule is O=S(=O)(Nc1nccs1)c1cn(-c2ccccc2)nc1-c1ccccc1. The van der Waals surface area contributed by atoms with Crippen molar-refractivity contribution in [2.24, 2.45) is 0 Å². The van der Waals surface area contributed by atoms with Gasteiger partial charge in [0.25, 0.3) is 10.0 Å². The molecule has 0 spiro atoms. The standard InChI is InChI=1S/C18H14N4O2S2/c23-26(24,21-18-19-11-12-25-18)16-13-22(15-9-5-2-6-10-15)20-17(16)14-7-3-1-4-8-14/h1-13H,(H,19,21). The molecule has 0 bridgehead atoms. The number of thiazole rings is 1. The third-order valence-electron chi connectivity index (χ3n) is 3.69. The third kappa shape index (κ3) is 3.24. The van der Waals surface area contributed by atoms with Crippen LogP contribution in [0.2, 0.25) is 0 Å². The second-order valence-corrected chi connectivity index (χ2v) is 7.98. The molecule has 1 N–H and O–H groups in total. The van der Waals surface area contributed by atoms with Crippen molar-refractivity contribution in [1.29, 1.82) is 0 Å². The smallest absolute Gasteiger partial charge is 0.255 e. The molecule has 0 fully saturated rings. The summed E-state index contributed by atoms with van der Waals surface area (Å²) in [5.41, 5.74) is 1.89. The highest BCUT2D eigenvalue weighted by atomic mass is 32.2. The molecule has 0 amide bonds. The van der Waals surface area contributed by atoms with E-state index in [1.54, 1.807) is 16.3 Å². The van der Waals surface area contributed by atoms with Gasteiger partial charge in [0.1, 0.15) is 10.6 Å². The van der Waals surface area contributed by atoms with Crippen LogP contribution in [0.3, 0.4) is 0 Å². The Balaban J connectivity index is 1.86. The van der Waals surface area contributed by atoms with Gasteiger partial charge in [0.05, 0.1) is 11.9 Å². The van der Waals surface area contributed by atoms with E-state index in [1.807, 2.05) is 60.7 Å². The molecule has 0 aliphatic carbocycles. The lowest BCUT2D eigenvalue weighted by atomic mass is 10.2. The highest BCUT2D eigenvalue weighted by Crippen LogP contribution is 2.29. The lowest BCUT2D eigenvalue weighted by Crippen LogP contribution is -2.13. The molecule has 4 rings (SSSR count). The van der Waals surface area contributed by atoms with Crippen molar-refractivity contribution in [3.05, 3.63) is 78.4 Å². The number of hydrogen-bond acceptors (Lipinski definition) is 5. The van der Waals surface area contributed by atoms with E-state index in [1.165, 1.54) is 17.5 Å². The highest BCUT2D eigenvalue weighted by Gasteiger charge is 2.25. The lowest BCUT2D eigenvalue weighted by Gasteiger charge is -2.05. The second kappa shape index (κ2) is 6.74. The molecule has 130 valence electrons. The Hall–Kier alpha value is -2.97. The molecule has 4 aromatic rings. The molecule has 0 saturated heterocycles. The van der Waals surface area contributed by atoms with Gasteiger partial charge in [-0.05, 0) is 12.1 Å². The van der Waals surface area contributed by atoms with Crippen molar-refractivity contribution >= 4 is 26.5 Å². The predicted octanol–water partition coefficient (Wildman–Crippen LogP) is 3.80. The zero-order valence-corrected chi connectivity index (χ0v) is 15.1. The zero-order valence-electron chi connectivity index (χ0n) is 13.5. The second-order valence-electron chi connectivity index (χ2n) is 5.43. The summed E-state index contributed by atoms with van der Waals surface area (Å²) >= 11 is 1.22. The summed E-state index contributed by atoms with van der Waals surface area (Å²) in [6.07, 6.45) is 3.07. The van der Waals surface area contributed by atoms with Crippen LogP contribution in [0.15, 0.2) is 83.3 Å². The number of hydrogen-bond donors (Lipinski definition) is 1. The molecule has 0 radical (unpaired) electrons. The summed E-state index contributed by atoms with van der Waals surface area (Å²) in [5.74, 6) is 0. The fourth-order valence-corrected chi connectivity index (χ4v) is 4.45. The van der Waals surface area contributed by atoms with Crippen LogP contribution in [0, 0.1) is 0 Å². The van der Waals surface area contributed by atoms with Gasteiger partial charge < -0.3 is 0 Å². The summed E-state index contributed by atoms with van der Waals surface area (Å²) in [6.45, 7) is 0. The normalized spacial score (nSPS) is 11.4. The van der Waals surface area contributed by atoms with Crippen LogP contribution in [0.25, 0.3) is 16.9 Å². The Labute approximate surface area is 154 Å². The number of nitrogens with zero attached hydrogens (tertiary/aromatic N) is 3. The first-order valence-corrected chi connectivity index (χ1v) is 10.1. The minimum absolute atomic E-state index is 0.0998. The molecule has 2 heterocycles. The maximum absolute atomic E-state index is 12.9. The van der Waals surface area contributed by atoms with Crippen molar-refractivity contribution in [1.82, 2.24) is 14.8 Å². The van der Waals surface area contributed by atoms with Crippen LogP contribution >= 0.6 is 11.3 Å². The van der Waals surface area contributed by atoms with Gasteiger partial charge in [-0.1, -0.05) is 48.5 Å². The van der Waals surface area contributed by atoms with Crippen LogP contribution in [0.1, 0.15) is 0 Å². The van der Waals surface area contributed by atoms with Gasteiger partial charge in [-0.25, -0.2) is 18.1 Å². The highest BCUT2D eigenvalue weighted by molar-refractivity contribution is 7.93. The Kier molecular flexibility index (Phi) is 4.27. The van der Waals surface area contributed by atoms with Crippen LogP contribution in [-0.2, 0) is 10.0 Å². The van der Waals surface area contributed by atoms with Crippen LogP contribution < -0.4 is 4.72 Å². The topological polar surface area (TPSA) is 76.9 Å². The van der Waals surface area contributed by atoms with Crippen LogP contribution in [0.5, 0.6) is 0 Å². The van der Waals surface area contributed by atoms with Gasteiger partial charge in [-0.2, -0.15) is 5.10 Å². The molecule has 0 atom stereocenters. The number of sulfonamides is 1. The first-order valence-electron chi connectivity index (χ1n) is 7.76. The van der Waals surface area contributed by atoms with Crippen LogP contribution in [0.4, 0.5) is 5.13 Å². The predicted molar refractivity (Wildman–Crippen MR) is 102 cm³/mol. The summed E-state index contributed by atoms with van der Waals surface area (Å²) < 4.78 is 30.0. The number of nitrogens with one attached hydrogen (secondary N) is 1. The summed E-state index contributed by atoms with van der Waals surface area (Å²) in [6, 6.07) is 18.6. The first-order chi connectivity index (χ1) is 12.6. The molecule has 8 heteroatoms. The Bertz CT molecular complexity index is 1110. The number of rotatable bonds is 5. The van der Waals surface area contributed by atoms with E-state index in [0.717, 1.165) is 11.3 Å². The van der Waals surface area contributed by atoms with E-state index in [9.17, 15) is 8.42 Å². The van der Waals surface area contributed by atoms with Gasteiger partial charge >= 0.3 is 0 Å². The molecular formula is C18H14N4O2S2. The Morgan fingerprint density at radius 1 is 0.962 bits per heavy atom. The molecule has 0 aliphatic heterocycles. The number of anilines is 1. The van der Waals surface area contributed by atoms with Gasteiger partial charge in [-0.15, -0.1) is 11.3 Å². The largest absolute Gasteiger partial charge is 0.267 e. The van der Waals surface area contributed by atoms with Crippen molar-refractivity contribution in [3.63, 3.8) is 0 Å². The number of aromatic nitrogens is 3. The molecular weight excluding hydrogens is 368 g/mol. The lowest BCUT2D eigenvalue weighted by molar-refractivity contribution is 0.601. The maximum Gasteiger partial charge on any atom is 0.267 e. The van der Waals surface area contributed by atoms with E-state index in [2.05, 4.69) is 14.8 Å². The fourth-order valence-electron chi connectivity index (χ4n) is 2.51. The van der Waals surface area contributed by atoms with E-state index < -0.39 is 10.0 Å². The maximum atomic E-state index is 12.9. The monoisotopic (exact) mass is 382 g/mol. The van der Waals surface area contributed by atoms with E-state index >= 15 is 0 Å². The minimum atomic E-state index is -3.83. The minimum Gasteiger partial charge on any atom is -0.255 e.